The molecule has 1 heteroatoms. The molecule has 90 valence electrons. The van der Waals surface area contributed by atoms with Crippen LogP contribution in [0.15, 0.2) is 24.4 Å². The zero-order valence-corrected chi connectivity index (χ0v) is 11.2. The van der Waals surface area contributed by atoms with Crippen molar-refractivity contribution in [3.8, 4) is 0 Å². The summed E-state index contributed by atoms with van der Waals surface area (Å²) >= 11 is 0. The first-order valence-corrected chi connectivity index (χ1v) is 6.08. The van der Waals surface area contributed by atoms with Gasteiger partial charge in [0, 0.05) is 12.2 Å². The van der Waals surface area contributed by atoms with Crippen LogP contribution in [0.5, 0.6) is 0 Å². The standard InChI is InChI=1S/C7H15N.C7H14/c1-4-5-6-8-7(2)3;1-4-5-6-7(2)3/h8H,2,4-6H2,1,3H3;2,4-6H2,1,3H3. The second-order valence-corrected chi connectivity index (χ2v) is 4.12. The Morgan fingerprint density at radius 2 is 1.53 bits per heavy atom. The van der Waals surface area contributed by atoms with E-state index in [0.717, 1.165) is 12.2 Å². The predicted molar refractivity (Wildman–Crippen MR) is 72.1 cm³/mol. The highest BCUT2D eigenvalue weighted by Gasteiger charge is 1.81. The van der Waals surface area contributed by atoms with Gasteiger partial charge in [0.1, 0.15) is 0 Å². The van der Waals surface area contributed by atoms with E-state index in [1.54, 1.807) is 0 Å². The quantitative estimate of drug-likeness (QED) is 0.477. The van der Waals surface area contributed by atoms with Crippen molar-refractivity contribution in [2.75, 3.05) is 6.54 Å². The molecular formula is C14H29N. The summed E-state index contributed by atoms with van der Waals surface area (Å²) in [5, 5.41) is 3.15. The lowest BCUT2D eigenvalue weighted by molar-refractivity contribution is 0.712. The molecule has 0 atom stereocenters. The summed E-state index contributed by atoms with van der Waals surface area (Å²) in [5.74, 6) is 0. The summed E-state index contributed by atoms with van der Waals surface area (Å²) < 4.78 is 0. The van der Waals surface area contributed by atoms with Crippen molar-refractivity contribution in [3.05, 3.63) is 24.4 Å². The van der Waals surface area contributed by atoms with Crippen LogP contribution in [0.4, 0.5) is 0 Å². The van der Waals surface area contributed by atoms with E-state index in [1.165, 1.54) is 37.7 Å². The van der Waals surface area contributed by atoms with Gasteiger partial charge < -0.3 is 5.32 Å². The molecule has 0 amide bonds. The molecule has 0 aliphatic carbocycles. The van der Waals surface area contributed by atoms with E-state index in [1.807, 2.05) is 6.92 Å². The van der Waals surface area contributed by atoms with Gasteiger partial charge in [-0.2, -0.15) is 0 Å². The van der Waals surface area contributed by atoms with Gasteiger partial charge in [-0.15, -0.1) is 6.58 Å². The third kappa shape index (κ3) is 24.6. The molecule has 0 bridgehead atoms. The molecule has 1 nitrogen and oxygen atoms in total. The number of hydrogen-bond acceptors (Lipinski definition) is 1. The van der Waals surface area contributed by atoms with Crippen LogP contribution in [0.3, 0.4) is 0 Å². The molecule has 0 aliphatic heterocycles. The lowest BCUT2D eigenvalue weighted by atomic mass is 10.2. The predicted octanol–water partition coefficient (Wildman–Crippen LogP) is 4.66. The SMILES string of the molecule is C=C(C)CCCC.C=C(C)NCCCC. The molecule has 0 spiro atoms. The molecule has 0 rings (SSSR count). The van der Waals surface area contributed by atoms with Gasteiger partial charge in [-0.25, -0.2) is 0 Å². The fraction of sp³-hybridized carbons (Fsp3) is 0.714. The summed E-state index contributed by atoms with van der Waals surface area (Å²) in [6.07, 6.45) is 6.28. The minimum Gasteiger partial charge on any atom is -0.389 e. The van der Waals surface area contributed by atoms with Gasteiger partial charge in [-0.3, -0.25) is 0 Å². The Hall–Kier alpha value is -0.720. The maximum absolute atomic E-state index is 3.79. The maximum Gasteiger partial charge on any atom is 0.0143 e. The van der Waals surface area contributed by atoms with Crippen LogP contribution >= 0.6 is 0 Å². The summed E-state index contributed by atoms with van der Waals surface area (Å²) in [4.78, 5) is 0. The van der Waals surface area contributed by atoms with Gasteiger partial charge in [0.05, 0.1) is 0 Å². The van der Waals surface area contributed by atoms with Crippen LogP contribution in [0, 0.1) is 0 Å². The minimum atomic E-state index is 1.07. The molecule has 0 aromatic carbocycles. The molecule has 0 fully saturated rings. The second kappa shape index (κ2) is 13.3. The average molecular weight is 211 g/mol. The topological polar surface area (TPSA) is 12.0 Å². The summed E-state index contributed by atoms with van der Waals surface area (Å²) in [7, 11) is 0. The van der Waals surface area contributed by atoms with Crippen molar-refractivity contribution < 1.29 is 0 Å². The minimum absolute atomic E-state index is 1.07. The number of hydrogen-bond donors (Lipinski definition) is 1. The van der Waals surface area contributed by atoms with Crippen molar-refractivity contribution in [2.45, 2.75) is 59.8 Å². The Balaban J connectivity index is 0. The normalized spacial score (nSPS) is 8.80. The second-order valence-electron chi connectivity index (χ2n) is 4.12. The third-order valence-corrected chi connectivity index (χ3v) is 1.91. The molecule has 0 heterocycles. The van der Waals surface area contributed by atoms with E-state index >= 15 is 0 Å². The van der Waals surface area contributed by atoms with E-state index in [9.17, 15) is 0 Å². The Kier molecular flexibility index (Phi) is 14.8. The first-order chi connectivity index (χ1) is 7.04. The summed E-state index contributed by atoms with van der Waals surface area (Å²) in [5.41, 5.74) is 2.38. The van der Waals surface area contributed by atoms with Crippen molar-refractivity contribution in [1.29, 1.82) is 0 Å². The van der Waals surface area contributed by atoms with Crippen molar-refractivity contribution in [2.24, 2.45) is 0 Å². The molecule has 0 saturated heterocycles. The monoisotopic (exact) mass is 211 g/mol. The number of rotatable bonds is 7. The molecule has 0 saturated carbocycles. The molecule has 15 heavy (non-hydrogen) atoms. The molecule has 0 aromatic heterocycles. The first kappa shape index (κ1) is 16.7. The van der Waals surface area contributed by atoms with Gasteiger partial charge in [0.2, 0.25) is 0 Å². The summed E-state index contributed by atoms with van der Waals surface area (Å²) in [6, 6.07) is 0. The Labute approximate surface area is 96.7 Å². The number of nitrogens with one attached hydrogen (secondary N) is 1. The van der Waals surface area contributed by atoms with E-state index in [4.69, 9.17) is 0 Å². The van der Waals surface area contributed by atoms with Gasteiger partial charge in [-0.1, -0.05) is 38.8 Å². The highest BCUT2D eigenvalue weighted by Crippen LogP contribution is 2.01. The van der Waals surface area contributed by atoms with Crippen LogP contribution in [0.2, 0.25) is 0 Å². The fourth-order valence-corrected chi connectivity index (χ4v) is 0.957. The Morgan fingerprint density at radius 1 is 1.00 bits per heavy atom. The molecular weight excluding hydrogens is 182 g/mol. The van der Waals surface area contributed by atoms with E-state index in [2.05, 4.69) is 39.2 Å². The van der Waals surface area contributed by atoms with Crippen LogP contribution in [0.1, 0.15) is 59.8 Å². The van der Waals surface area contributed by atoms with E-state index in [-0.39, 0.29) is 0 Å². The highest BCUT2D eigenvalue weighted by atomic mass is 14.9. The van der Waals surface area contributed by atoms with Crippen LogP contribution in [0.25, 0.3) is 0 Å². The van der Waals surface area contributed by atoms with Crippen molar-refractivity contribution in [1.82, 2.24) is 5.32 Å². The molecule has 0 unspecified atom stereocenters. The maximum atomic E-state index is 3.79. The van der Waals surface area contributed by atoms with Gasteiger partial charge >= 0.3 is 0 Å². The molecule has 0 aromatic rings. The highest BCUT2D eigenvalue weighted by molar-refractivity contribution is 4.86. The smallest absolute Gasteiger partial charge is 0.0143 e. The average Bonchev–Trinajstić information content (AvgIpc) is 2.15. The van der Waals surface area contributed by atoms with E-state index in [0.29, 0.717) is 0 Å². The molecule has 0 aliphatic rings. The van der Waals surface area contributed by atoms with Crippen molar-refractivity contribution >= 4 is 0 Å². The molecule has 0 radical (unpaired) electrons. The Bertz CT molecular complexity index is 159. The number of unbranched alkanes of at least 4 members (excludes halogenated alkanes) is 2. The third-order valence-electron chi connectivity index (χ3n) is 1.91. The van der Waals surface area contributed by atoms with E-state index < -0.39 is 0 Å². The lowest BCUT2D eigenvalue weighted by Crippen LogP contribution is -2.10. The number of allylic oxidation sites excluding steroid dienone is 2. The fourth-order valence-electron chi connectivity index (χ4n) is 0.957. The summed E-state index contributed by atoms with van der Waals surface area (Å²) in [6.45, 7) is 17.0. The lowest BCUT2D eigenvalue weighted by Gasteiger charge is -2.00. The zero-order valence-electron chi connectivity index (χ0n) is 11.2. The van der Waals surface area contributed by atoms with Crippen LogP contribution in [-0.2, 0) is 0 Å². The largest absolute Gasteiger partial charge is 0.389 e. The van der Waals surface area contributed by atoms with Crippen LogP contribution < -0.4 is 5.32 Å². The molecule has 1 N–H and O–H groups in total. The van der Waals surface area contributed by atoms with Gasteiger partial charge in [0.15, 0.2) is 0 Å². The zero-order chi connectivity index (χ0) is 12.1. The van der Waals surface area contributed by atoms with Gasteiger partial charge in [-0.05, 0) is 33.1 Å². The van der Waals surface area contributed by atoms with Crippen LogP contribution in [-0.4, -0.2) is 6.54 Å². The Morgan fingerprint density at radius 3 is 1.80 bits per heavy atom. The van der Waals surface area contributed by atoms with Crippen molar-refractivity contribution in [3.63, 3.8) is 0 Å². The first-order valence-electron chi connectivity index (χ1n) is 6.08. The van der Waals surface area contributed by atoms with Gasteiger partial charge in [0.25, 0.3) is 0 Å².